The normalized spacial score (nSPS) is 16.3. The first-order valence-corrected chi connectivity index (χ1v) is 10.6. The molecule has 0 aromatic heterocycles. The summed E-state index contributed by atoms with van der Waals surface area (Å²) in [5.74, 6) is 0.435. The van der Waals surface area contributed by atoms with Crippen molar-refractivity contribution in [1.82, 2.24) is 10.6 Å². The van der Waals surface area contributed by atoms with Gasteiger partial charge in [-0.1, -0.05) is 32.0 Å². The Morgan fingerprint density at radius 1 is 1.06 bits per heavy atom. The molecule has 0 saturated carbocycles. The summed E-state index contributed by atoms with van der Waals surface area (Å²) >= 11 is 0. The van der Waals surface area contributed by atoms with Gasteiger partial charge in [0.1, 0.15) is 6.04 Å². The smallest absolute Gasteiger partial charge is 0.254 e. The highest BCUT2D eigenvalue weighted by atomic mass is 16.5. The van der Waals surface area contributed by atoms with Crippen molar-refractivity contribution in [2.45, 2.75) is 38.8 Å². The number of hydrogen-bond acceptors (Lipinski definition) is 5. The zero-order valence-electron chi connectivity index (χ0n) is 18.7. The van der Waals surface area contributed by atoms with E-state index in [2.05, 4.69) is 16.0 Å². The molecule has 3 amide bonds. The molecule has 2 aromatic rings. The molecule has 0 bridgehead atoms. The van der Waals surface area contributed by atoms with Crippen LogP contribution in [0.1, 0.15) is 48.7 Å². The van der Waals surface area contributed by atoms with Crippen LogP contribution < -0.4 is 25.4 Å². The van der Waals surface area contributed by atoms with Crippen molar-refractivity contribution in [3.8, 4) is 11.5 Å². The highest BCUT2D eigenvalue weighted by molar-refractivity contribution is 6.09. The fraction of sp³-hybridized carbons (Fsp3) is 0.375. The summed E-state index contributed by atoms with van der Waals surface area (Å²) in [6, 6.07) is 11.3. The first-order valence-electron chi connectivity index (χ1n) is 10.6. The van der Waals surface area contributed by atoms with Crippen molar-refractivity contribution >= 4 is 23.4 Å². The maximum absolute atomic E-state index is 12.7. The van der Waals surface area contributed by atoms with Gasteiger partial charge in [-0.25, -0.2) is 0 Å². The predicted octanol–water partition coefficient (Wildman–Crippen LogP) is 3.05. The number of fused-ring (bicyclic) bond motifs is 1. The number of hydrogen-bond donors (Lipinski definition) is 3. The van der Waals surface area contributed by atoms with Crippen LogP contribution in [0, 0.1) is 5.92 Å². The van der Waals surface area contributed by atoms with Crippen LogP contribution in [0.15, 0.2) is 42.5 Å². The minimum absolute atomic E-state index is 0.0885. The van der Waals surface area contributed by atoms with Gasteiger partial charge in [0.2, 0.25) is 11.8 Å². The van der Waals surface area contributed by atoms with Crippen molar-refractivity contribution in [2.24, 2.45) is 5.92 Å². The van der Waals surface area contributed by atoms with E-state index in [0.717, 1.165) is 5.56 Å². The Bertz CT molecular complexity index is 1000. The molecule has 1 aliphatic rings. The van der Waals surface area contributed by atoms with Crippen LogP contribution in [0.5, 0.6) is 11.5 Å². The van der Waals surface area contributed by atoms with E-state index in [-0.39, 0.29) is 42.5 Å². The Morgan fingerprint density at radius 3 is 2.47 bits per heavy atom. The number of carbonyl (C=O) groups excluding carboxylic acids is 3. The summed E-state index contributed by atoms with van der Waals surface area (Å²) in [6.07, 6.45) is 0.277. The molecule has 170 valence electrons. The van der Waals surface area contributed by atoms with Gasteiger partial charge in [-0.05, 0) is 42.2 Å². The summed E-state index contributed by atoms with van der Waals surface area (Å²) in [5, 5.41) is 8.51. The summed E-state index contributed by atoms with van der Waals surface area (Å²) in [4.78, 5) is 37.7. The third-order valence-corrected chi connectivity index (χ3v) is 5.46. The largest absolute Gasteiger partial charge is 0.493 e. The van der Waals surface area contributed by atoms with Crippen LogP contribution in [0.3, 0.4) is 0 Å². The van der Waals surface area contributed by atoms with E-state index in [9.17, 15) is 14.4 Å². The quantitative estimate of drug-likeness (QED) is 0.586. The molecule has 0 fully saturated rings. The lowest BCUT2D eigenvalue weighted by Gasteiger charge is -2.24. The minimum Gasteiger partial charge on any atom is -0.493 e. The Balaban J connectivity index is 1.65. The number of benzene rings is 2. The van der Waals surface area contributed by atoms with Gasteiger partial charge in [0, 0.05) is 6.42 Å². The number of ether oxygens (including phenoxy) is 2. The number of rotatable bonds is 8. The van der Waals surface area contributed by atoms with Crippen molar-refractivity contribution in [1.29, 1.82) is 0 Å². The first-order chi connectivity index (χ1) is 15.3. The molecule has 2 aromatic carbocycles. The molecule has 0 spiro atoms. The fourth-order valence-corrected chi connectivity index (χ4v) is 3.72. The van der Waals surface area contributed by atoms with Crippen LogP contribution in [0.25, 0.3) is 0 Å². The molecule has 3 N–H and O–H groups in total. The van der Waals surface area contributed by atoms with Gasteiger partial charge in [-0.2, -0.15) is 0 Å². The Hall–Kier alpha value is -3.55. The van der Waals surface area contributed by atoms with Gasteiger partial charge in [0.25, 0.3) is 5.91 Å². The Morgan fingerprint density at radius 2 is 1.78 bits per heavy atom. The molecule has 1 heterocycles. The van der Waals surface area contributed by atoms with E-state index in [4.69, 9.17) is 9.47 Å². The SMILES string of the molecule is COc1ccc([C@@H](NC(=O)CC[C@@H]2NC(=O)c3ccccc3NC2=O)C(C)C)cc1OC. The van der Waals surface area contributed by atoms with Crippen LogP contribution in [0.4, 0.5) is 5.69 Å². The van der Waals surface area contributed by atoms with E-state index in [0.29, 0.717) is 22.7 Å². The molecular formula is C24H29N3O5. The number of nitrogens with one attached hydrogen (secondary N) is 3. The van der Waals surface area contributed by atoms with E-state index in [1.54, 1.807) is 44.6 Å². The molecule has 8 heteroatoms. The van der Waals surface area contributed by atoms with Gasteiger partial charge in [0.05, 0.1) is 31.5 Å². The maximum atomic E-state index is 12.7. The zero-order chi connectivity index (χ0) is 23.3. The van der Waals surface area contributed by atoms with Crippen molar-refractivity contribution in [3.05, 3.63) is 53.6 Å². The number of anilines is 1. The molecule has 2 atom stereocenters. The van der Waals surface area contributed by atoms with Crippen molar-refractivity contribution < 1.29 is 23.9 Å². The number of methoxy groups -OCH3 is 2. The second-order valence-corrected chi connectivity index (χ2v) is 8.00. The molecule has 3 rings (SSSR count). The molecule has 0 saturated heterocycles. The lowest BCUT2D eigenvalue weighted by Crippen LogP contribution is -2.42. The van der Waals surface area contributed by atoms with E-state index < -0.39 is 6.04 Å². The highest BCUT2D eigenvalue weighted by Gasteiger charge is 2.28. The molecule has 1 aliphatic heterocycles. The third-order valence-electron chi connectivity index (χ3n) is 5.46. The van der Waals surface area contributed by atoms with Crippen LogP contribution in [0.2, 0.25) is 0 Å². The van der Waals surface area contributed by atoms with Gasteiger partial charge < -0.3 is 25.4 Å². The lowest BCUT2D eigenvalue weighted by molar-refractivity contribution is -0.122. The van der Waals surface area contributed by atoms with Gasteiger partial charge in [0.15, 0.2) is 11.5 Å². The maximum Gasteiger partial charge on any atom is 0.254 e. The van der Waals surface area contributed by atoms with E-state index in [1.165, 1.54) is 0 Å². The predicted molar refractivity (Wildman–Crippen MR) is 121 cm³/mol. The first kappa shape index (κ1) is 23.1. The number of amides is 3. The summed E-state index contributed by atoms with van der Waals surface area (Å²) in [5.41, 5.74) is 1.76. The summed E-state index contributed by atoms with van der Waals surface area (Å²) < 4.78 is 10.7. The molecule has 0 aliphatic carbocycles. The van der Waals surface area contributed by atoms with Gasteiger partial charge in [-0.15, -0.1) is 0 Å². The Labute approximate surface area is 187 Å². The Kier molecular flexibility index (Phi) is 7.35. The van der Waals surface area contributed by atoms with Crippen molar-refractivity contribution in [3.63, 3.8) is 0 Å². The molecular weight excluding hydrogens is 410 g/mol. The molecule has 32 heavy (non-hydrogen) atoms. The van der Waals surface area contributed by atoms with Crippen LogP contribution in [-0.4, -0.2) is 38.0 Å². The summed E-state index contributed by atoms with van der Waals surface area (Å²) in [6.45, 7) is 4.02. The lowest BCUT2D eigenvalue weighted by atomic mass is 9.95. The second kappa shape index (κ2) is 10.2. The van der Waals surface area contributed by atoms with Crippen LogP contribution >= 0.6 is 0 Å². The highest BCUT2D eigenvalue weighted by Crippen LogP contribution is 2.32. The molecule has 8 nitrogen and oxygen atoms in total. The fourth-order valence-electron chi connectivity index (χ4n) is 3.72. The number of para-hydroxylation sites is 1. The minimum atomic E-state index is -0.792. The zero-order valence-corrected chi connectivity index (χ0v) is 18.7. The average molecular weight is 440 g/mol. The number of carbonyl (C=O) groups is 3. The second-order valence-electron chi connectivity index (χ2n) is 8.00. The molecule has 0 unspecified atom stereocenters. The van der Waals surface area contributed by atoms with Crippen LogP contribution in [-0.2, 0) is 9.59 Å². The topological polar surface area (TPSA) is 106 Å². The summed E-state index contributed by atoms with van der Waals surface area (Å²) in [7, 11) is 3.13. The van der Waals surface area contributed by atoms with Gasteiger partial charge in [-0.3, -0.25) is 14.4 Å². The monoisotopic (exact) mass is 439 g/mol. The third kappa shape index (κ3) is 5.19. The molecule has 0 radical (unpaired) electrons. The van der Waals surface area contributed by atoms with E-state index in [1.807, 2.05) is 26.0 Å². The van der Waals surface area contributed by atoms with Crippen molar-refractivity contribution in [2.75, 3.05) is 19.5 Å². The van der Waals surface area contributed by atoms with Gasteiger partial charge >= 0.3 is 0 Å². The van der Waals surface area contributed by atoms with E-state index >= 15 is 0 Å². The average Bonchev–Trinajstić information content (AvgIpc) is 2.91. The standard InChI is InChI=1S/C24H29N3O5/c1-14(2)22(15-9-11-19(31-3)20(13-15)32-4)27-21(28)12-10-18-24(30)25-17-8-6-5-7-16(17)23(29)26-18/h5-9,11,13-14,18,22H,10,12H2,1-4H3,(H,25,30)(H,26,29)(H,27,28)/t18-,22-/m0/s1.